The van der Waals surface area contributed by atoms with E-state index in [2.05, 4.69) is 70.0 Å². The van der Waals surface area contributed by atoms with Gasteiger partial charge in [-0.15, -0.1) is 0 Å². The van der Waals surface area contributed by atoms with Crippen LogP contribution in [0.15, 0.2) is 49.2 Å². The van der Waals surface area contributed by atoms with Gasteiger partial charge in [-0.05, 0) is 29.7 Å². The number of rotatable bonds is 5. The Bertz CT molecular complexity index is 1110. The van der Waals surface area contributed by atoms with Crippen molar-refractivity contribution in [2.45, 2.75) is 26.7 Å². The van der Waals surface area contributed by atoms with Crippen molar-refractivity contribution < 1.29 is 0 Å². The molecule has 3 heterocycles. The van der Waals surface area contributed by atoms with Gasteiger partial charge in [-0.1, -0.05) is 19.9 Å². The van der Waals surface area contributed by atoms with Crippen molar-refractivity contribution in [1.29, 1.82) is 0 Å². The van der Waals surface area contributed by atoms with Crippen LogP contribution >= 0.6 is 0 Å². The Kier molecular flexibility index (Phi) is 4.77. The number of hydrogen-bond acceptors (Lipinski definition) is 5. The number of pyridine rings is 1. The maximum Gasteiger partial charge on any atom is 0.134 e. The van der Waals surface area contributed by atoms with Crippen LogP contribution < -0.4 is 4.90 Å². The number of aryl methyl sites for hydroxylation is 3. The molecule has 0 aliphatic rings. The van der Waals surface area contributed by atoms with E-state index in [1.165, 1.54) is 5.56 Å². The standard InChI is InChI=1S/C22H24N6/c1-5-15-9-16(17-11-23-21(6-2)24-12-17)7-8-19(15)28(4)22-10-20-18(13-25-22)26-14-27(20)3/h7-14H,5-6H2,1-4H3. The fourth-order valence-electron chi connectivity index (χ4n) is 3.39. The van der Waals surface area contributed by atoms with Crippen molar-refractivity contribution in [1.82, 2.24) is 24.5 Å². The van der Waals surface area contributed by atoms with Gasteiger partial charge < -0.3 is 9.47 Å². The fourth-order valence-corrected chi connectivity index (χ4v) is 3.39. The Morgan fingerprint density at radius 3 is 2.39 bits per heavy atom. The third-order valence-corrected chi connectivity index (χ3v) is 5.12. The lowest BCUT2D eigenvalue weighted by Gasteiger charge is -2.22. The molecule has 0 aliphatic carbocycles. The smallest absolute Gasteiger partial charge is 0.134 e. The van der Waals surface area contributed by atoms with E-state index in [-0.39, 0.29) is 0 Å². The minimum Gasteiger partial charge on any atom is -0.334 e. The second-order valence-corrected chi connectivity index (χ2v) is 6.88. The molecular formula is C22H24N6. The SMILES string of the molecule is CCc1ncc(-c2ccc(N(C)c3cc4c(cn3)ncn4C)c(CC)c2)cn1. The molecule has 0 fully saturated rings. The molecule has 0 aliphatic heterocycles. The zero-order valence-electron chi connectivity index (χ0n) is 16.7. The first-order valence-electron chi connectivity index (χ1n) is 9.55. The van der Waals surface area contributed by atoms with Crippen molar-refractivity contribution in [2.24, 2.45) is 7.05 Å². The molecule has 1 aromatic carbocycles. The van der Waals surface area contributed by atoms with Crippen molar-refractivity contribution in [3.05, 3.63) is 60.6 Å². The zero-order chi connectivity index (χ0) is 19.7. The Morgan fingerprint density at radius 1 is 0.893 bits per heavy atom. The molecule has 0 N–H and O–H groups in total. The maximum atomic E-state index is 4.60. The lowest BCUT2D eigenvalue weighted by Crippen LogP contribution is -2.13. The van der Waals surface area contributed by atoms with E-state index < -0.39 is 0 Å². The van der Waals surface area contributed by atoms with E-state index in [0.717, 1.165) is 52.3 Å². The third kappa shape index (κ3) is 3.22. The van der Waals surface area contributed by atoms with Crippen LogP contribution in [0.5, 0.6) is 0 Å². The summed E-state index contributed by atoms with van der Waals surface area (Å²) in [6, 6.07) is 8.57. The summed E-state index contributed by atoms with van der Waals surface area (Å²) in [5.41, 5.74) is 6.54. The molecular weight excluding hydrogens is 348 g/mol. The first kappa shape index (κ1) is 18.1. The van der Waals surface area contributed by atoms with Crippen LogP contribution in [0, 0.1) is 0 Å². The average Bonchev–Trinajstić information content (AvgIpc) is 3.13. The Balaban J connectivity index is 1.70. The van der Waals surface area contributed by atoms with Gasteiger partial charge in [0.05, 0.1) is 18.0 Å². The topological polar surface area (TPSA) is 59.7 Å². The second-order valence-electron chi connectivity index (χ2n) is 6.88. The summed E-state index contributed by atoms with van der Waals surface area (Å²) in [5, 5.41) is 0. The number of fused-ring (bicyclic) bond motifs is 1. The van der Waals surface area contributed by atoms with E-state index in [1.54, 1.807) is 0 Å². The lowest BCUT2D eigenvalue weighted by atomic mass is 10.0. The second kappa shape index (κ2) is 7.38. The molecule has 0 unspecified atom stereocenters. The highest BCUT2D eigenvalue weighted by Crippen LogP contribution is 2.31. The van der Waals surface area contributed by atoms with E-state index in [0.29, 0.717) is 0 Å². The molecule has 0 radical (unpaired) electrons. The molecule has 0 saturated carbocycles. The number of nitrogens with zero attached hydrogens (tertiary/aromatic N) is 6. The minimum atomic E-state index is 0.845. The minimum absolute atomic E-state index is 0.845. The van der Waals surface area contributed by atoms with Gasteiger partial charge >= 0.3 is 0 Å². The number of imidazole rings is 1. The lowest BCUT2D eigenvalue weighted by molar-refractivity contribution is 0.941. The zero-order valence-corrected chi connectivity index (χ0v) is 16.7. The van der Waals surface area contributed by atoms with Gasteiger partial charge in [0.25, 0.3) is 0 Å². The highest BCUT2D eigenvalue weighted by molar-refractivity contribution is 5.79. The normalized spacial score (nSPS) is 11.1. The van der Waals surface area contributed by atoms with Gasteiger partial charge in [-0.2, -0.15) is 0 Å². The van der Waals surface area contributed by atoms with E-state index in [4.69, 9.17) is 0 Å². The summed E-state index contributed by atoms with van der Waals surface area (Å²) in [4.78, 5) is 19.9. The van der Waals surface area contributed by atoms with Gasteiger partial charge in [0.2, 0.25) is 0 Å². The summed E-state index contributed by atoms with van der Waals surface area (Å²) in [6.07, 6.45) is 9.22. The number of hydrogen-bond donors (Lipinski definition) is 0. The summed E-state index contributed by atoms with van der Waals surface area (Å²) in [5.74, 6) is 1.77. The first-order chi connectivity index (χ1) is 13.6. The van der Waals surface area contributed by atoms with Gasteiger partial charge in [0, 0.05) is 50.2 Å². The number of aromatic nitrogens is 5. The fraction of sp³-hybridized carbons (Fsp3) is 0.273. The van der Waals surface area contributed by atoms with Crippen LogP contribution in [-0.2, 0) is 19.9 Å². The van der Waals surface area contributed by atoms with Crippen LogP contribution in [0.2, 0.25) is 0 Å². The Labute approximate surface area is 164 Å². The number of benzene rings is 1. The third-order valence-electron chi connectivity index (χ3n) is 5.12. The maximum absolute atomic E-state index is 4.60. The molecule has 0 saturated heterocycles. The average molecular weight is 372 g/mol. The molecule has 0 amide bonds. The quantitative estimate of drug-likeness (QED) is 0.522. The summed E-state index contributed by atoms with van der Waals surface area (Å²) in [6.45, 7) is 4.23. The predicted molar refractivity (Wildman–Crippen MR) is 113 cm³/mol. The number of anilines is 2. The molecule has 28 heavy (non-hydrogen) atoms. The molecule has 142 valence electrons. The molecule has 4 aromatic rings. The predicted octanol–water partition coefficient (Wildman–Crippen LogP) is 4.32. The molecule has 3 aromatic heterocycles. The molecule has 0 atom stereocenters. The monoisotopic (exact) mass is 372 g/mol. The van der Waals surface area contributed by atoms with Crippen molar-refractivity contribution >= 4 is 22.5 Å². The van der Waals surface area contributed by atoms with E-state index in [9.17, 15) is 0 Å². The van der Waals surface area contributed by atoms with Gasteiger partial charge in [0.15, 0.2) is 0 Å². The highest BCUT2D eigenvalue weighted by atomic mass is 15.2. The summed E-state index contributed by atoms with van der Waals surface area (Å²) >= 11 is 0. The van der Waals surface area contributed by atoms with Crippen LogP contribution in [-0.4, -0.2) is 31.6 Å². The van der Waals surface area contributed by atoms with Crippen molar-refractivity contribution in [2.75, 3.05) is 11.9 Å². The first-order valence-corrected chi connectivity index (χ1v) is 9.55. The van der Waals surface area contributed by atoms with Crippen molar-refractivity contribution in [3.63, 3.8) is 0 Å². The van der Waals surface area contributed by atoms with Crippen LogP contribution in [0.1, 0.15) is 25.2 Å². The van der Waals surface area contributed by atoms with Crippen LogP contribution in [0.25, 0.3) is 22.2 Å². The van der Waals surface area contributed by atoms with Crippen LogP contribution in [0.4, 0.5) is 11.5 Å². The van der Waals surface area contributed by atoms with Crippen LogP contribution in [0.3, 0.4) is 0 Å². The van der Waals surface area contributed by atoms with E-state index >= 15 is 0 Å². The molecule has 0 spiro atoms. The van der Waals surface area contributed by atoms with Gasteiger partial charge in [0.1, 0.15) is 17.2 Å². The molecule has 0 bridgehead atoms. The van der Waals surface area contributed by atoms with E-state index in [1.807, 2.05) is 36.5 Å². The highest BCUT2D eigenvalue weighted by Gasteiger charge is 2.13. The Morgan fingerprint density at radius 2 is 1.68 bits per heavy atom. The molecule has 6 heteroatoms. The van der Waals surface area contributed by atoms with Gasteiger partial charge in [-0.25, -0.2) is 19.9 Å². The summed E-state index contributed by atoms with van der Waals surface area (Å²) < 4.78 is 2.01. The molecule has 6 nitrogen and oxygen atoms in total. The van der Waals surface area contributed by atoms with Gasteiger partial charge in [-0.3, -0.25) is 0 Å². The largest absolute Gasteiger partial charge is 0.334 e. The van der Waals surface area contributed by atoms with Crippen molar-refractivity contribution in [3.8, 4) is 11.1 Å². The Hall–Kier alpha value is -3.28. The summed E-state index contributed by atoms with van der Waals surface area (Å²) in [7, 11) is 4.05. The molecule has 4 rings (SSSR count).